The van der Waals surface area contributed by atoms with Crippen LogP contribution >= 0.6 is 11.3 Å². The first kappa shape index (κ1) is 15.2. The van der Waals surface area contributed by atoms with E-state index in [1.165, 1.54) is 17.4 Å². The van der Waals surface area contributed by atoms with Crippen molar-refractivity contribution in [1.29, 1.82) is 0 Å². The number of thiophene rings is 1. The molecule has 0 aromatic carbocycles. The summed E-state index contributed by atoms with van der Waals surface area (Å²) in [4.78, 5) is 22.7. The molecule has 104 valence electrons. The number of carboxylic acids is 1. The highest BCUT2D eigenvalue weighted by Gasteiger charge is 2.20. The first-order valence-corrected chi connectivity index (χ1v) is 6.72. The summed E-state index contributed by atoms with van der Waals surface area (Å²) >= 11 is 1.19. The first-order valence-electron chi connectivity index (χ1n) is 5.84. The van der Waals surface area contributed by atoms with Crippen LogP contribution in [0.15, 0.2) is 18.0 Å². The first-order chi connectivity index (χ1) is 8.95. The molecule has 0 bridgehead atoms. The Bertz CT molecular complexity index is 479. The smallest absolute Gasteiger partial charge is 0.412 e. The van der Waals surface area contributed by atoms with Gasteiger partial charge < -0.3 is 9.84 Å². The van der Waals surface area contributed by atoms with E-state index in [0.717, 1.165) is 5.56 Å². The molecule has 0 atom stereocenters. The maximum Gasteiger partial charge on any atom is 0.412 e. The van der Waals surface area contributed by atoms with Crippen molar-refractivity contribution >= 4 is 28.4 Å². The van der Waals surface area contributed by atoms with Gasteiger partial charge in [-0.25, -0.2) is 9.59 Å². The number of hydrogen-bond donors (Lipinski definition) is 2. The van der Waals surface area contributed by atoms with Crippen molar-refractivity contribution in [3.05, 3.63) is 29.2 Å². The number of nitrogens with one attached hydrogen (secondary N) is 1. The molecule has 5 nitrogen and oxygen atoms in total. The summed E-state index contributed by atoms with van der Waals surface area (Å²) in [5, 5.41) is 13.7. The number of rotatable bonds is 6. The minimum absolute atomic E-state index is 0.0818. The minimum Gasteiger partial charge on any atom is -0.478 e. The third-order valence-electron chi connectivity index (χ3n) is 2.26. The van der Waals surface area contributed by atoms with E-state index in [1.807, 2.05) is 13.8 Å². The summed E-state index contributed by atoms with van der Waals surface area (Å²) in [5.74, 6) is -0.704. The van der Waals surface area contributed by atoms with Gasteiger partial charge in [0.1, 0.15) is 11.6 Å². The lowest BCUT2D eigenvalue weighted by Crippen LogP contribution is -2.15. The molecule has 0 aliphatic heterocycles. The maximum absolute atomic E-state index is 11.4. The van der Waals surface area contributed by atoms with E-state index in [4.69, 9.17) is 4.74 Å². The molecule has 0 fully saturated rings. The fourth-order valence-electron chi connectivity index (χ4n) is 1.57. The van der Waals surface area contributed by atoms with Crippen molar-refractivity contribution in [2.24, 2.45) is 5.92 Å². The number of carbonyl (C=O) groups excluding carboxylic acids is 1. The molecule has 0 radical (unpaired) electrons. The van der Waals surface area contributed by atoms with Gasteiger partial charge in [-0.15, -0.1) is 11.3 Å². The zero-order valence-electron chi connectivity index (χ0n) is 10.9. The van der Waals surface area contributed by atoms with Gasteiger partial charge >= 0.3 is 12.1 Å². The van der Waals surface area contributed by atoms with Crippen LogP contribution in [0.25, 0.3) is 0 Å². The largest absolute Gasteiger partial charge is 0.478 e. The van der Waals surface area contributed by atoms with Crippen LogP contribution in [-0.2, 0) is 11.2 Å². The summed E-state index contributed by atoms with van der Waals surface area (Å²) in [6.45, 7) is 7.52. The summed E-state index contributed by atoms with van der Waals surface area (Å²) in [5.41, 5.74) is 0.876. The van der Waals surface area contributed by atoms with Gasteiger partial charge in [0.05, 0.1) is 5.56 Å². The van der Waals surface area contributed by atoms with E-state index in [2.05, 4.69) is 11.9 Å². The van der Waals surface area contributed by atoms with Gasteiger partial charge in [-0.3, -0.25) is 5.32 Å². The maximum atomic E-state index is 11.4. The second-order valence-corrected chi connectivity index (χ2v) is 5.26. The number of carboxylic acid groups (broad SMARTS) is 1. The lowest BCUT2D eigenvalue weighted by atomic mass is 10.0. The minimum atomic E-state index is -1.05. The second-order valence-electron chi connectivity index (χ2n) is 4.38. The normalized spacial score (nSPS) is 10.3. The number of carbonyl (C=O) groups is 2. The van der Waals surface area contributed by atoms with E-state index in [0.29, 0.717) is 17.3 Å². The number of hydrogen-bond acceptors (Lipinski definition) is 4. The molecule has 0 unspecified atom stereocenters. The van der Waals surface area contributed by atoms with Crippen LogP contribution in [0.1, 0.15) is 29.8 Å². The lowest BCUT2D eigenvalue weighted by Gasteiger charge is -2.07. The van der Waals surface area contributed by atoms with Crippen LogP contribution in [0, 0.1) is 5.92 Å². The predicted molar refractivity (Wildman–Crippen MR) is 75.0 cm³/mol. The molecule has 1 aromatic rings. The SMILES string of the molecule is C=CCOC(=O)Nc1scc(CC(C)C)c1C(=O)O. The van der Waals surface area contributed by atoms with Gasteiger partial charge in [-0.05, 0) is 23.3 Å². The molecule has 2 N–H and O–H groups in total. The molecule has 0 aliphatic rings. The average molecular weight is 283 g/mol. The summed E-state index contributed by atoms with van der Waals surface area (Å²) < 4.78 is 4.77. The fourth-order valence-corrected chi connectivity index (χ4v) is 2.53. The van der Waals surface area contributed by atoms with Gasteiger partial charge in [0, 0.05) is 0 Å². The predicted octanol–water partition coefficient (Wildman–Crippen LogP) is 3.38. The molecule has 19 heavy (non-hydrogen) atoms. The molecule has 1 aromatic heterocycles. The van der Waals surface area contributed by atoms with E-state index < -0.39 is 12.1 Å². The Hall–Kier alpha value is -1.82. The molecular formula is C13H17NO4S. The van der Waals surface area contributed by atoms with Crippen LogP contribution < -0.4 is 5.32 Å². The highest BCUT2D eigenvalue weighted by atomic mass is 32.1. The van der Waals surface area contributed by atoms with Crippen LogP contribution in [-0.4, -0.2) is 23.8 Å². The molecule has 0 spiro atoms. The Morgan fingerprint density at radius 3 is 2.79 bits per heavy atom. The van der Waals surface area contributed by atoms with Crippen molar-refractivity contribution in [2.75, 3.05) is 11.9 Å². The number of amides is 1. The van der Waals surface area contributed by atoms with Crippen LogP contribution in [0.4, 0.5) is 9.80 Å². The Morgan fingerprint density at radius 1 is 1.58 bits per heavy atom. The molecule has 0 saturated carbocycles. The van der Waals surface area contributed by atoms with Crippen molar-refractivity contribution in [2.45, 2.75) is 20.3 Å². The molecule has 6 heteroatoms. The van der Waals surface area contributed by atoms with Crippen molar-refractivity contribution in [3.63, 3.8) is 0 Å². The monoisotopic (exact) mass is 283 g/mol. The van der Waals surface area contributed by atoms with Crippen LogP contribution in [0.3, 0.4) is 0 Å². The lowest BCUT2D eigenvalue weighted by molar-refractivity contribution is 0.0697. The second kappa shape index (κ2) is 6.94. The van der Waals surface area contributed by atoms with E-state index in [9.17, 15) is 14.7 Å². The van der Waals surface area contributed by atoms with E-state index >= 15 is 0 Å². The Labute approximate surface area is 115 Å². The number of anilines is 1. The average Bonchev–Trinajstić information content (AvgIpc) is 2.68. The molecule has 1 heterocycles. The summed E-state index contributed by atoms with van der Waals surface area (Å²) in [6.07, 6.45) is 1.41. The van der Waals surface area contributed by atoms with Gasteiger partial charge in [-0.2, -0.15) is 0 Å². The van der Waals surface area contributed by atoms with Crippen molar-refractivity contribution < 1.29 is 19.4 Å². The summed E-state index contributed by atoms with van der Waals surface area (Å²) in [6, 6.07) is 0. The third kappa shape index (κ3) is 4.40. The highest BCUT2D eigenvalue weighted by Crippen LogP contribution is 2.30. The third-order valence-corrected chi connectivity index (χ3v) is 3.20. The zero-order valence-corrected chi connectivity index (χ0v) is 11.8. The molecule has 0 saturated heterocycles. The fraction of sp³-hybridized carbons (Fsp3) is 0.385. The van der Waals surface area contributed by atoms with Crippen LogP contribution in [0.5, 0.6) is 0 Å². The van der Waals surface area contributed by atoms with Gasteiger partial charge in [0.25, 0.3) is 0 Å². The quantitative estimate of drug-likeness (QED) is 0.785. The van der Waals surface area contributed by atoms with Gasteiger partial charge in [0.2, 0.25) is 0 Å². The number of ether oxygens (including phenoxy) is 1. The van der Waals surface area contributed by atoms with E-state index in [-0.39, 0.29) is 12.2 Å². The van der Waals surface area contributed by atoms with Gasteiger partial charge in [0.15, 0.2) is 0 Å². The molecular weight excluding hydrogens is 266 g/mol. The standard InChI is InChI=1S/C13H17NO4S/c1-4-5-18-13(17)14-11-10(12(15)16)9(7-19-11)6-8(2)3/h4,7-8H,1,5-6H2,2-3H3,(H,14,17)(H,15,16). The highest BCUT2D eigenvalue weighted by molar-refractivity contribution is 7.15. The number of aromatic carboxylic acids is 1. The van der Waals surface area contributed by atoms with Gasteiger partial charge in [-0.1, -0.05) is 26.5 Å². The Kier molecular flexibility index (Phi) is 5.57. The molecule has 1 rings (SSSR count). The topological polar surface area (TPSA) is 75.6 Å². The molecule has 0 aliphatic carbocycles. The van der Waals surface area contributed by atoms with E-state index in [1.54, 1.807) is 5.38 Å². The van der Waals surface area contributed by atoms with Crippen molar-refractivity contribution in [1.82, 2.24) is 0 Å². The van der Waals surface area contributed by atoms with Crippen molar-refractivity contribution in [3.8, 4) is 0 Å². The summed E-state index contributed by atoms with van der Waals surface area (Å²) in [7, 11) is 0. The Balaban J connectivity index is 2.89. The Morgan fingerprint density at radius 2 is 2.26 bits per heavy atom. The van der Waals surface area contributed by atoms with Crippen LogP contribution in [0.2, 0.25) is 0 Å². The zero-order chi connectivity index (χ0) is 14.4. The molecule has 1 amide bonds.